The van der Waals surface area contributed by atoms with Gasteiger partial charge in [0.25, 0.3) is 0 Å². The monoisotopic (exact) mass is 374 g/mol. The van der Waals surface area contributed by atoms with Crippen molar-refractivity contribution in [2.24, 2.45) is 40.4 Å². The number of aryl methyl sites for hydroxylation is 2. The zero-order chi connectivity index (χ0) is 18.7. The van der Waals surface area contributed by atoms with Gasteiger partial charge >= 0.3 is 0 Å². The van der Waals surface area contributed by atoms with Crippen LogP contribution in [0.5, 0.6) is 0 Å². The first-order chi connectivity index (χ1) is 13.5. The van der Waals surface area contributed by atoms with Gasteiger partial charge in [-0.15, -0.1) is 0 Å². The maximum atomic E-state index is 2.61. The minimum Gasteiger partial charge on any atom is -0.0590 e. The molecule has 1 aromatic rings. The quantitative estimate of drug-likeness (QED) is 0.507. The highest BCUT2D eigenvalue weighted by Gasteiger charge is 2.67. The summed E-state index contributed by atoms with van der Waals surface area (Å²) in [6, 6.07) is 7.38. The fourth-order valence-electron chi connectivity index (χ4n) is 11.3. The van der Waals surface area contributed by atoms with Gasteiger partial charge < -0.3 is 0 Å². The lowest BCUT2D eigenvalue weighted by atomic mass is 9.32. The first-order valence-electron chi connectivity index (χ1n) is 12.5. The van der Waals surface area contributed by atoms with E-state index in [1.807, 2.05) is 0 Å². The standard InChI is InChI=1S/C28H38/c1-18-3-4-19(2)25(5-18)26-10-23-9-24(11-26)16-28(15-23,17-26)27-12-20-6-21(13-27)8-22(7-20)14-27/h3-5,20-24H,6-17H2,1-2H3. The highest BCUT2D eigenvalue weighted by Crippen LogP contribution is 2.77. The van der Waals surface area contributed by atoms with E-state index in [9.17, 15) is 0 Å². The minimum atomic E-state index is 0.531. The van der Waals surface area contributed by atoms with Crippen molar-refractivity contribution < 1.29 is 0 Å². The zero-order valence-corrected chi connectivity index (χ0v) is 18.1. The molecule has 8 bridgehead atoms. The minimum absolute atomic E-state index is 0.531. The van der Waals surface area contributed by atoms with E-state index in [1.165, 1.54) is 18.4 Å². The molecule has 0 heteroatoms. The Labute approximate surface area is 171 Å². The molecule has 8 aliphatic carbocycles. The molecule has 150 valence electrons. The Morgan fingerprint density at radius 2 is 1.18 bits per heavy atom. The molecule has 0 saturated heterocycles. The number of rotatable bonds is 2. The van der Waals surface area contributed by atoms with Crippen LogP contribution in [0.1, 0.15) is 93.7 Å². The van der Waals surface area contributed by atoms with Crippen molar-refractivity contribution in [3.05, 3.63) is 34.9 Å². The highest BCUT2D eigenvalue weighted by atomic mass is 14.7. The normalized spacial score (nSPS) is 53.1. The van der Waals surface area contributed by atoms with Gasteiger partial charge in [-0.25, -0.2) is 0 Å². The van der Waals surface area contributed by atoms with E-state index in [0.29, 0.717) is 10.8 Å². The molecule has 8 aliphatic rings. The molecule has 0 N–H and O–H groups in total. The van der Waals surface area contributed by atoms with E-state index >= 15 is 0 Å². The molecule has 0 nitrogen and oxygen atoms in total. The molecule has 9 rings (SSSR count). The van der Waals surface area contributed by atoms with Crippen LogP contribution in [0.4, 0.5) is 0 Å². The molecule has 0 spiro atoms. The summed E-state index contributed by atoms with van der Waals surface area (Å²) in [6.07, 6.45) is 19.1. The predicted octanol–water partition coefficient (Wildman–Crippen LogP) is 7.36. The lowest BCUT2D eigenvalue weighted by molar-refractivity contribution is -0.206. The molecular formula is C28H38. The summed E-state index contributed by atoms with van der Waals surface area (Å²) in [5, 5.41) is 0. The van der Waals surface area contributed by atoms with Crippen molar-refractivity contribution in [2.75, 3.05) is 0 Å². The Hall–Kier alpha value is -0.780. The predicted molar refractivity (Wildman–Crippen MR) is 115 cm³/mol. The summed E-state index contributed by atoms with van der Waals surface area (Å²) in [5.41, 5.74) is 6.85. The molecule has 8 saturated carbocycles. The zero-order valence-electron chi connectivity index (χ0n) is 18.1. The van der Waals surface area contributed by atoms with E-state index in [4.69, 9.17) is 0 Å². The summed E-state index contributed by atoms with van der Waals surface area (Å²) >= 11 is 0. The van der Waals surface area contributed by atoms with Crippen LogP contribution in [-0.2, 0) is 5.41 Å². The fraction of sp³-hybridized carbons (Fsp3) is 0.786. The second-order valence-electron chi connectivity index (χ2n) is 13.0. The average Bonchev–Trinajstić information content (AvgIpc) is 2.61. The van der Waals surface area contributed by atoms with Gasteiger partial charge in [-0.2, -0.15) is 0 Å². The van der Waals surface area contributed by atoms with E-state index in [-0.39, 0.29) is 0 Å². The summed E-state index contributed by atoms with van der Waals surface area (Å²) in [5.74, 6) is 5.39. The largest absolute Gasteiger partial charge is 0.0590 e. The van der Waals surface area contributed by atoms with Crippen molar-refractivity contribution in [1.29, 1.82) is 0 Å². The highest BCUT2D eigenvalue weighted by molar-refractivity contribution is 5.40. The van der Waals surface area contributed by atoms with Gasteiger partial charge in [0.15, 0.2) is 0 Å². The Balaban J connectivity index is 1.35. The summed E-state index contributed by atoms with van der Waals surface area (Å²) in [4.78, 5) is 0. The van der Waals surface area contributed by atoms with Crippen LogP contribution in [0.15, 0.2) is 18.2 Å². The summed E-state index contributed by atoms with van der Waals surface area (Å²) < 4.78 is 0. The van der Waals surface area contributed by atoms with E-state index < -0.39 is 0 Å². The first kappa shape index (κ1) is 17.0. The Bertz CT molecular complexity index is 779. The third-order valence-electron chi connectivity index (χ3n) is 11.2. The van der Waals surface area contributed by atoms with Gasteiger partial charge in [-0.05, 0) is 148 Å². The van der Waals surface area contributed by atoms with Crippen molar-refractivity contribution >= 4 is 0 Å². The molecule has 0 aromatic heterocycles. The second kappa shape index (κ2) is 5.28. The number of hydrogen-bond donors (Lipinski definition) is 0. The summed E-state index contributed by atoms with van der Waals surface area (Å²) in [6.45, 7) is 4.73. The number of benzene rings is 1. The van der Waals surface area contributed by atoms with Crippen LogP contribution < -0.4 is 0 Å². The third kappa shape index (κ3) is 2.09. The molecule has 8 fully saturated rings. The van der Waals surface area contributed by atoms with Crippen molar-refractivity contribution in [3.8, 4) is 0 Å². The summed E-state index contributed by atoms with van der Waals surface area (Å²) in [7, 11) is 0. The smallest absolute Gasteiger partial charge is 0.00335 e. The topological polar surface area (TPSA) is 0 Å². The molecule has 1 aromatic carbocycles. The van der Waals surface area contributed by atoms with E-state index in [1.54, 1.807) is 75.3 Å². The Morgan fingerprint density at radius 1 is 0.643 bits per heavy atom. The first-order valence-corrected chi connectivity index (χ1v) is 12.5. The van der Waals surface area contributed by atoms with Crippen LogP contribution in [0.2, 0.25) is 0 Å². The molecule has 2 unspecified atom stereocenters. The number of hydrogen-bond acceptors (Lipinski definition) is 0. The van der Waals surface area contributed by atoms with Gasteiger partial charge in [0.2, 0.25) is 0 Å². The Morgan fingerprint density at radius 3 is 1.79 bits per heavy atom. The van der Waals surface area contributed by atoms with Gasteiger partial charge in [0, 0.05) is 0 Å². The molecule has 0 aliphatic heterocycles. The van der Waals surface area contributed by atoms with E-state index in [0.717, 1.165) is 35.0 Å². The molecule has 0 radical (unpaired) electrons. The lowest BCUT2D eigenvalue weighted by Gasteiger charge is -2.72. The van der Waals surface area contributed by atoms with Crippen molar-refractivity contribution in [3.63, 3.8) is 0 Å². The van der Waals surface area contributed by atoms with Crippen LogP contribution in [0.3, 0.4) is 0 Å². The maximum absolute atomic E-state index is 2.61. The van der Waals surface area contributed by atoms with Gasteiger partial charge in [-0.1, -0.05) is 23.8 Å². The van der Waals surface area contributed by atoms with Crippen LogP contribution in [0, 0.1) is 54.3 Å². The SMILES string of the molecule is Cc1ccc(C)c(C23CC4CC(C2)CC(C25CC6CC(CC(C6)C2)C5)(C4)C3)c1. The lowest BCUT2D eigenvalue weighted by Crippen LogP contribution is -2.63. The van der Waals surface area contributed by atoms with E-state index in [2.05, 4.69) is 32.0 Å². The molecule has 0 heterocycles. The third-order valence-corrected chi connectivity index (χ3v) is 11.2. The second-order valence-corrected chi connectivity index (χ2v) is 13.0. The molecule has 2 atom stereocenters. The van der Waals surface area contributed by atoms with Crippen LogP contribution in [0.25, 0.3) is 0 Å². The fourth-order valence-corrected chi connectivity index (χ4v) is 11.3. The van der Waals surface area contributed by atoms with Crippen LogP contribution in [-0.4, -0.2) is 0 Å². The average molecular weight is 375 g/mol. The maximum Gasteiger partial charge on any atom is -0.00335 e. The van der Waals surface area contributed by atoms with Gasteiger partial charge in [-0.3, -0.25) is 0 Å². The molecular weight excluding hydrogens is 336 g/mol. The van der Waals surface area contributed by atoms with Crippen LogP contribution >= 0.6 is 0 Å². The van der Waals surface area contributed by atoms with Gasteiger partial charge in [0.05, 0.1) is 0 Å². The van der Waals surface area contributed by atoms with Gasteiger partial charge in [0.1, 0.15) is 0 Å². The van der Waals surface area contributed by atoms with Crippen molar-refractivity contribution in [1.82, 2.24) is 0 Å². The van der Waals surface area contributed by atoms with Crippen molar-refractivity contribution in [2.45, 2.75) is 96.3 Å². The molecule has 28 heavy (non-hydrogen) atoms. The molecule has 0 amide bonds. The Kier molecular flexibility index (Phi) is 3.20.